The average Bonchev–Trinajstić information content (AvgIpc) is 2.57. The Morgan fingerprint density at radius 1 is 1.38 bits per heavy atom. The quantitative estimate of drug-likeness (QED) is 0.779. The molecule has 0 fully saturated rings. The van der Waals surface area contributed by atoms with E-state index in [0.29, 0.717) is 0 Å². The molecule has 0 amide bonds. The fraction of sp³-hybridized carbons (Fsp3) is 0.100. The predicted octanol–water partition coefficient (Wildman–Crippen LogP) is 2.65. The molecule has 3 heteroatoms. The maximum atomic E-state index is 5.85. The molecular formula is C10H9ClN2. The van der Waals surface area contributed by atoms with Crippen LogP contribution in [0.3, 0.4) is 0 Å². The minimum absolute atomic E-state index is 0.768. The van der Waals surface area contributed by atoms with E-state index in [9.17, 15) is 0 Å². The Bertz CT molecular complexity index is 382. The van der Waals surface area contributed by atoms with Crippen molar-refractivity contribution < 1.29 is 0 Å². The third-order valence-electron chi connectivity index (χ3n) is 1.82. The van der Waals surface area contributed by atoms with Crippen LogP contribution in [0.5, 0.6) is 0 Å². The summed E-state index contributed by atoms with van der Waals surface area (Å²) >= 11 is 5.85. The number of halogens is 1. The number of aromatic amines is 1. The van der Waals surface area contributed by atoms with Gasteiger partial charge in [-0.2, -0.15) is 0 Å². The van der Waals surface area contributed by atoms with E-state index in [1.807, 2.05) is 30.5 Å². The molecule has 0 unspecified atom stereocenters. The van der Waals surface area contributed by atoms with Gasteiger partial charge >= 0.3 is 0 Å². The monoisotopic (exact) mass is 192 g/mol. The number of nitrogens with one attached hydrogen (secondary N) is 1. The normalized spacial score (nSPS) is 10.2. The van der Waals surface area contributed by atoms with E-state index < -0.39 is 0 Å². The number of hydrogen-bond donors (Lipinski definition) is 1. The topological polar surface area (TPSA) is 28.7 Å². The summed E-state index contributed by atoms with van der Waals surface area (Å²) in [5, 5.41) is 0.768. The second kappa shape index (κ2) is 3.62. The van der Waals surface area contributed by atoms with Gasteiger partial charge in [-0.25, -0.2) is 4.98 Å². The summed E-state index contributed by atoms with van der Waals surface area (Å²) in [6, 6.07) is 7.80. The van der Waals surface area contributed by atoms with Crippen molar-refractivity contribution in [3.63, 3.8) is 0 Å². The number of benzene rings is 1. The van der Waals surface area contributed by atoms with Gasteiger partial charge in [0.25, 0.3) is 0 Å². The summed E-state index contributed by atoms with van der Waals surface area (Å²) in [5.41, 5.74) is 1.17. The Morgan fingerprint density at radius 2 is 2.31 bits per heavy atom. The SMILES string of the molecule is Clc1cccc(Cc2ncc[nH]2)c1. The Morgan fingerprint density at radius 3 is 3.00 bits per heavy atom. The van der Waals surface area contributed by atoms with Crippen molar-refractivity contribution in [1.82, 2.24) is 9.97 Å². The lowest BCUT2D eigenvalue weighted by Gasteiger charge is -1.98. The van der Waals surface area contributed by atoms with Gasteiger partial charge in [0.1, 0.15) is 5.82 Å². The molecule has 1 aromatic heterocycles. The lowest BCUT2D eigenvalue weighted by Crippen LogP contribution is -1.89. The minimum Gasteiger partial charge on any atom is -0.348 e. The zero-order valence-corrected chi connectivity index (χ0v) is 7.75. The first kappa shape index (κ1) is 8.32. The zero-order valence-electron chi connectivity index (χ0n) is 7.00. The lowest BCUT2D eigenvalue weighted by atomic mass is 10.1. The van der Waals surface area contributed by atoms with Crippen molar-refractivity contribution in [1.29, 1.82) is 0 Å². The molecule has 0 saturated heterocycles. The molecule has 1 heterocycles. The van der Waals surface area contributed by atoms with Crippen LogP contribution in [0.15, 0.2) is 36.7 Å². The first-order chi connectivity index (χ1) is 6.34. The molecule has 1 N–H and O–H groups in total. The fourth-order valence-corrected chi connectivity index (χ4v) is 1.45. The van der Waals surface area contributed by atoms with Crippen LogP contribution in [0.1, 0.15) is 11.4 Å². The molecule has 0 spiro atoms. The van der Waals surface area contributed by atoms with Crippen molar-refractivity contribution in [3.8, 4) is 0 Å². The molecule has 0 radical (unpaired) electrons. The largest absolute Gasteiger partial charge is 0.348 e. The third-order valence-corrected chi connectivity index (χ3v) is 2.05. The summed E-state index contributed by atoms with van der Waals surface area (Å²) in [6.45, 7) is 0. The predicted molar refractivity (Wildman–Crippen MR) is 52.8 cm³/mol. The summed E-state index contributed by atoms with van der Waals surface area (Å²) in [7, 11) is 0. The highest BCUT2D eigenvalue weighted by atomic mass is 35.5. The van der Waals surface area contributed by atoms with Crippen LogP contribution in [-0.4, -0.2) is 9.97 Å². The Hall–Kier alpha value is -1.28. The number of H-pyrrole nitrogens is 1. The van der Waals surface area contributed by atoms with Crippen LogP contribution in [0.25, 0.3) is 0 Å². The van der Waals surface area contributed by atoms with Crippen molar-refractivity contribution in [2.75, 3.05) is 0 Å². The molecule has 0 atom stereocenters. The zero-order chi connectivity index (χ0) is 9.10. The van der Waals surface area contributed by atoms with E-state index in [1.165, 1.54) is 5.56 Å². The molecular weight excluding hydrogens is 184 g/mol. The fourth-order valence-electron chi connectivity index (χ4n) is 1.23. The van der Waals surface area contributed by atoms with Gasteiger partial charge in [0, 0.05) is 23.8 Å². The smallest absolute Gasteiger partial charge is 0.110 e. The van der Waals surface area contributed by atoms with Crippen molar-refractivity contribution in [3.05, 3.63) is 53.1 Å². The second-order valence-corrected chi connectivity index (χ2v) is 3.28. The lowest BCUT2D eigenvalue weighted by molar-refractivity contribution is 1.03. The van der Waals surface area contributed by atoms with Gasteiger partial charge in [-0.3, -0.25) is 0 Å². The van der Waals surface area contributed by atoms with E-state index in [2.05, 4.69) is 9.97 Å². The number of aromatic nitrogens is 2. The summed E-state index contributed by atoms with van der Waals surface area (Å²) in [5.74, 6) is 0.960. The first-order valence-electron chi connectivity index (χ1n) is 4.07. The molecule has 13 heavy (non-hydrogen) atoms. The van der Waals surface area contributed by atoms with Gasteiger partial charge in [0.2, 0.25) is 0 Å². The average molecular weight is 193 g/mol. The van der Waals surface area contributed by atoms with Gasteiger partial charge in [0.15, 0.2) is 0 Å². The van der Waals surface area contributed by atoms with Gasteiger partial charge < -0.3 is 4.98 Å². The molecule has 2 nitrogen and oxygen atoms in total. The Kier molecular flexibility index (Phi) is 2.32. The van der Waals surface area contributed by atoms with Gasteiger partial charge in [0.05, 0.1) is 0 Å². The Labute approximate surface area is 81.6 Å². The molecule has 0 aliphatic heterocycles. The molecule has 66 valence electrons. The van der Waals surface area contributed by atoms with Crippen LogP contribution in [0.4, 0.5) is 0 Å². The van der Waals surface area contributed by atoms with Gasteiger partial charge in [-0.05, 0) is 17.7 Å². The highest BCUT2D eigenvalue weighted by Gasteiger charge is 1.97. The van der Waals surface area contributed by atoms with Crippen LogP contribution in [0.2, 0.25) is 5.02 Å². The highest BCUT2D eigenvalue weighted by molar-refractivity contribution is 6.30. The molecule has 0 saturated carbocycles. The number of nitrogens with zero attached hydrogens (tertiary/aromatic N) is 1. The van der Waals surface area contributed by atoms with Crippen LogP contribution < -0.4 is 0 Å². The van der Waals surface area contributed by atoms with E-state index >= 15 is 0 Å². The van der Waals surface area contributed by atoms with E-state index in [-0.39, 0.29) is 0 Å². The minimum atomic E-state index is 0.768. The van der Waals surface area contributed by atoms with Crippen molar-refractivity contribution in [2.45, 2.75) is 6.42 Å². The number of imidazole rings is 1. The van der Waals surface area contributed by atoms with Crippen molar-refractivity contribution >= 4 is 11.6 Å². The van der Waals surface area contributed by atoms with Gasteiger partial charge in [-0.1, -0.05) is 23.7 Å². The van der Waals surface area contributed by atoms with Crippen LogP contribution in [0, 0.1) is 0 Å². The van der Waals surface area contributed by atoms with E-state index in [4.69, 9.17) is 11.6 Å². The molecule has 2 rings (SSSR count). The molecule has 1 aromatic carbocycles. The summed E-state index contributed by atoms with van der Waals surface area (Å²) in [4.78, 5) is 7.19. The third kappa shape index (κ3) is 2.10. The number of rotatable bonds is 2. The maximum absolute atomic E-state index is 5.85. The van der Waals surface area contributed by atoms with Crippen LogP contribution >= 0.6 is 11.6 Å². The van der Waals surface area contributed by atoms with Crippen molar-refractivity contribution in [2.24, 2.45) is 0 Å². The van der Waals surface area contributed by atoms with E-state index in [1.54, 1.807) is 6.20 Å². The summed E-state index contributed by atoms with van der Waals surface area (Å²) in [6.07, 6.45) is 4.37. The highest BCUT2D eigenvalue weighted by Crippen LogP contribution is 2.12. The standard InChI is InChI=1S/C10H9ClN2/c11-9-3-1-2-8(6-9)7-10-12-4-5-13-10/h1-6H,7H2,(H,12,13). The number of hydrogen-bond acceptors (Lipinski definition) is 1. The summed E-state index contributed by atoms with van der Waals surface area (Å²) < 4.78 is 0. The Balaban J connectivity index is 2.19. The molecule has 0 aliphatic carbocycles. The maximum Gasteiger partial charge on any atom is 0.110 e. The van der Waals surface area contributed by atoms with Gasteiger partial charge in [-0.15, -0.1) is 0 Å². The molecule has 0 aliphatic rings. The van der Waals surface area contributed by atoms with E-state index in [0.717, 1.165) is 17.3 Å². The first-order valence-corrected chi connectivity index (χ1v) is 4.45. The second-order valence-electron chi connectivity index (χ2n) is 2.84. The molecule has 2 aromatic rings. The molecule has 0 bridgehead atoms. The van der Waals surface area contributed by atoms with Crippen LogP contribution in [-0.2, 0) is 6.42 Å².